The Balaban J connectivity index is 1.85. The minimum atomic E-state index is 0.568. The van der Waals surface area contributed by atoms with Crippen molar-refractivity contribution >= 4 is 0 Å². The first-order valence-corrected chi connectivity index (χ1v) is 6.35. The molecule has 1 aliphatic carbocycles. The molecular formula is C11H21N5. The smallest absolute Gasteiger partial charge is 0.165 e. The van der Waals surface area contributed by atoms with Gasteiger partial charge in [-0.3, -0.25) is 0 Å². The van der Waals surface area contributed by atoms with E-state index in [2.05, 4.69) is 34.7 Å². The van der Waals surface area contributed by atoms with E-state index < -0.39 is 0 Å². The number of tetrazole rings is 1. The number of nitrogens with one attached hydrogen (secondary N) is 1. The van der Waals surface area contributed by atoms with Crippen LogP contribution in [0.15, 0.2) is 0 Å². The van der Waals surface area contributed by atoms with Gasteiger partial charge in [-0.25, -0.2) is 4.68 Å². The van der Waals surface area contributed by atoms with Crippen LogP contribution in [0.5, 0.6) is 0 Å². The molecule has 0 amide bonds. The Morgan fingerprint density at radius 2 is 2.25 bits per heavy atom. The van der Waals surface area contributed by atoms with Crippen molar-refractivity contribution in [1.29, 1.82) is 0 Å². The lowest BCUT2D eigenvalue weighted by atomic mass is 10.1. The van der Waals surface area contributed by atoms with Gasteiger partial charge in [0.1, 0.15) is 0 Å². The minimum absolute atomic E-state index is 0.568. The molecule has 2 rings (SSSR count). The van der Waals surface area contributed by atoms with E-state index >= 15 is 0 Å². The van der Waals surface area contributed by atoms with Crippen LogP contribution in [0, 0.1) is 0 Å². The second-order valence-corrected chi connectivity index (χ2v) is 4.55. The molecule has 1 aliphatic rings. The van der Waals surface area contributed by atoms with Crippen molar-refractivity contribution in [3.8, 4) is 0 Å². The highest BCUT2D eigenvalue weighted by molar-refractivity contribution is 4.90. The monoisotopic (exact) mass is 223 g/mol. The Morgan fingerprint density at radius 3 is 2.88 bits per heavy atom. The summed E-state index contributed by atoms with van der Waals surface area (Å²) in [5.74, 6) is 0.983. The second kappa shape index (κ2) is 5.39. The average molecular weight is 223 g/mol. The Kier molecular flexibility index (Phi) is 3.88. The van der Waals surface area contributed by atoms with E-state index in [1.165, 1.54) is 32.1 Å². The molecule has 1 N–H and O–H groups in total. The molecule has 0 aliphatic heterocycles. The van der Waals surface area contributed by atoms with Crippen molar-refractivity contribution in [3.63, 3.8) is 0 Å². The van der Waals surface area contributed by atoms with Crippen LogP contribution < -0.4 is 5.32 Å². The molecule has 1 fully saturated rings. The minimum Gasteiger partial charge on any atom is -0.307 e. The molecule has 16 heavy (non-hydrogen) atoms. The van der Waals surface area contributed by atoms with Crippen molar-refractivity contribution in [2.45, 2.75) is 64.6 Å². The second-order valence-electron chi connectivity index (χ2n) is 4.55. The maximum atomic E-state index is 4.08. The summed E-state index contributed by atoms with van der Waals surface area (Å²) in [6, 6.07) is 1.16. The fourth-order valence-corrected chi connectivity index (χ4v) is 1.97. The molecule has 1 atom stereocenters. The van der Waals surface area contributed by atoms with E-state index in [0.29, 0.717) is 12.1 Å². The quantitative estimate of drug-likeness (QED) is 0.764. The van der Waals surface area contributed by atoms with Crippen LogP contribution in [0.2, 0.25) is 0 Å². The van der Waals surface area contributed by atoms with Crippen molar-refractivity contribution in [3.05, 3.63) is 5.82 Å². The zero-order chi connectivity index (χ0) is 11.4. The van der Waals surface area contributed by atoms with E-state index in [4.69, 9.17) is 0 Å². The summed E-state index contributed by atoms with van der Waals surface area (Å²) in [6.07, 6.45) is 6.06. The van der Waals surface area contributed by atoms with Crippen LogP contribution in [0.1, 0.15) is 57.8 Å². The SMILES string of the molecule is CCCC(CC)NCc1nnnn1C1CC1. The lowest BCUT2D eigenvalue weighted by Gasteiger charge is -2.15. The highest BCUT2D eigenvalue weighted by Crippen LogP contribution is 2.34. The van der Waals surface area contributed by atoms with Gasteiger partial charge in [0.25, 0.3) is 0 Å². The predicted octanol–water partition coefficient (Wildman–Crippen LogP) is 1.68. The van der Waals surface area contributed by atoms with Gasteiger partial charge in [0.2, 0.25) is 0 Å². The Bertz CT molecular complexity index is 318. The summed E-state index contributed by atoms with van der Waals surface area (Å²) in [4.78, 5) is 0. The molecule has 1 aromatic heterocycles. The lowest BCUT2D eigenvalue weighted by Crippen LogP contribution is -2.29. The van der Waals surface area contributed by atoms with Crippen LogP contribution in [0.25, 0.3) is 0 Å². The Morgan fingerprint density at radius 1 is 1.44 bits per heavy atom. The first-order chi connectivity index (χ1) is 7.85. The third kappa shape index (κ3) is 2.78. The van der Waals surface area contributed by atoms with E-state index in [0.717, 1.165) is 12.4 Å². The van der Waals surface area contributed by atoms with Gasteiger partial charge in [-0.1, -0.05) is 20.3 Å². The van der Waals surface area contributed by atoms with Crippen LogP contribution in [-0.4, -0.2) is 26.2 Å². The van der Waals surface area contributed by atoms with Crippen molar-refractivity contribution < 1.29 is 0 Å². The van der Waals surface area contributed by atoms with Gasteiger partial charge in [0.05, 0.1) is 12.6 Å². The number of hydrogen-bond donors (Lipinski definition) is 1. The highest BCUT2D eigenvalue weighted by atomic mass is 15.6. The summed E-state index contributed by atoms with van der Waals surface area (Å²) in [5, 5.41) is 15.4. The Hall–Kier alpha value is -0.970. The topological polar surface area (TPSA) is 55.6 Å². The molecular weight excluding hydrogens is 202 g/mol. The number of hydrogen-bond acceptors (Lipinski definition) is 4. The molecule has 0 radical (unpaired) electrons. The lowest BCUT2D eigenvalue weighted by molar-refractivity contribution is 0.444. The highest BCUT2D eigenvalue weighted by Gasteiger charge is 2.27. The van der Waals surface area contributed by atoms with Crippen LogP contribution in [-0.2, 0) is 6.54 Å². The molecule has 5 nitrogen and oxygen atoms in total. The van der Waals surface area contributed by atoms with Gasteiger partial charge in [-0.15, -0.1) is 5.10 Å². The standard InChI is InChI=1S/C11H21N5/c1-3-5-9(4-2)12-8-11-13-14-15-16(11)10-6-7-10/h9-10,12H,3-8H2,1-2H3. The van der Waals surface area contributed by atoms with Gasteiger partial charge in [-0.05, 0) is 36.1 Å². The van der Waals surface area contributed by atoms with Crippen LogP contribution in [0.4, 0.5) is 0 Å². The molecule has 0 saturated heterocycles. The fraction of sp³-hybridized carbons (Fsp3) is 0.909. The molecule has 0 aromatic carbocycles. The summed E-state index contributed by atoms with van der Waals surface area (Å²) >= 11 is 0. The summed E-state index contributed by atoms with van der Waals surface area (Å²) < 4.78 is 1.98. The van der Waals surface area contributed by atoms with E-state index in [1.54, 1.807) is 0 Å². The molecule has 1 aromatic rings. The maximum absolute atomic E-state index is 4.08. The first kappa shape index (κ1) is 11.5. The molecule has 1 heterocycles. The largest absolute Gasteiger partial charge is 0.307 e. The molecule has 1 saturated carbocycles. The fourth-order valence-electron chi connectivity index (χ4n) is 1.97. The summed E-state index contributed by atoms with van der Waals surface area (Å²) in [6.45, 7) is 5.23. The van der Waals surface area contributed by atoms with Gasteiger partial charge in [-0.2, -0.15) is 0 Å². The van der Waals surface area contributed by atoms with Crippen molar-refractivity contribution in [1.82, 2.24) is 25.5 Å². The molecule has 0 bridgehead atoms. The zero-order valence-corrected chi connectivity index (χ0v) is 10.2. The summed E-state index contributed by atoms with van der Waals surface area (Å²) in [5.41, 5.74) is 0. The normalized spacial score (nSPS) is 17.6. The van der Waals surface area contributed by atoms with Crippen LogP contribution >= 0.6 is 0 Å². The average Bonchev–Trinajstić information content (AvgIpc) is 3.04. The molecule has 90 valence electrons. The molecule has 5 heteroatoms. The first-order valence-electron chi connectivity index (χ1n) is 6.35. The van der Waals surface area contributed by atoms with Gasteiger partial charge < -0.3 is 5.32 Å². The van der Waals surface area contributed by atoms with E-state index in [-0.39, 0.29) is 0 Å². The zero-order valence-electron chi connectivity index (χ0n) is 10.2. The van der Waals surface area contributed by atoms with Gasteiger partial charge in [0.15, 0.2) is 5.82 Å². The number of nitrogens with zero attached hydrogens (tertiary/aromatic N) is 4. The molecule has 1 unspecified atom stereocenters. The predicted molar refractivity (Wildman–Crippen MR) is 61.9 cm³/mol. The third-order valence-corrected chi connectivity index (χ3v) is 3.13. The van der Waals surface area contributed by atoms with E-state index in [9.17, 15) is 0 Å². The van der Waals surface area contributed by atoms with E-state index in [1.807, 2.05) is 4.68 Å². The van der Waals surface area contributed by atoms with Gasteiger partial charge >= 0.3 is 0 Å². The number of rotatable bonds is 7. The number of aromatic nitrogens is 4. The third-order valence-electron chi connectivity index (χ3n) is 3.13. The summed E-state index contributed by atoms with van der Waals surface area (Å²) in [7, 11) is 0. The van der Waals surface area contributed by atoms with Crippen molar-refractivity contribution in [2.75, 3.05) is 0 Å². The van der Waals surface area contributed by atoms with Gasteiger partial charge in [0, 0.05) is 6.04 Å². The maximum Gasteiger partial charge on any atom is 0.165 e. The molecule has 0 spiro atoms. The Labute approximate surface area is 96.6 Å². The van der Waals surface area contributed by atoms with Crippen LogP contribution in [0.3, 0.4) is 0 Å². The van der Waals surface area contributed by atoms with Crippen molar-refractivity contribution in [2.24, 2.45) is 0 Å².